The van der Waals surface area contributed by atoms with Crippen LogP contribution in [0.3, 0.4) is 0 Å². The lowest BCUT2D eigenvalue weighted by Crippen LogP contribution is -2.41. The van der Waals surface area contributed by atoms with E-state index in [0.29, 0.717) is 16.4 Å². The lowest BCUT2D eigenvalue weighted by atomic mass is 9.72. The molecule has 0 aliphatic heterocycles. The van der Waals surface area contributed by atoms with E-state index in [2.05, 4.69) is 36.6 Å². The predicted molar refractivity (Wildman–Crippen MR) is 98.5 cm³/mol. The van der Waals surface area contributed by atoms with Gasteiger partial charge < -0.3 is 0 Å². The Morgan fingerprint density at radius 2 is 1.84 bits per heavy atom. The molecule has 0 bridgehead atoms. The molecule has 5 nitrogen and oxygen atoms in total. The fourth-order valence-corrected chi connectivity index (χ4v) is 4.23. The van der Waals surface area contributed by atoms with Crippen LogP contribution in [-0.2, 0) is 12.8 Å². The third kappa shape index (κ3) is 4.07. The second kappa shape index (κ2) is 6.96. The van der Waals surface area contributed by atoms with Gasteiger partial charge >= 0.3 is 0 Å². The molecule has 132 valence electrons. The number of hydrazine groups is 1. The summed E-state index contributed by atoms with van der Waals surface area (Å²) in [6.45, 7) is 6.83. The third-order valence-electron chi connectivity index (χ3n) is 4.76. The van der Waals surface area contributed by atoms with Gasteiger partial charge in [-0.1, -0.05) is 20.8 Å². The number of nitrogens with zero attached hydrogens (tertiary/aromatic N) is 1. The molecule has 1 aliphatic carbocycles. The maximum atomic E-state index is 12.3. The van der Waals surface area contributed by atoms with Crippen molar-refractivity contribution in [3.05, 3.63) is 51.5 Å². The molecule has 2 amide bonds. The minimum Gasteiger partial charge on any atom is -0.267 e. The van der Waals surface area contributed by atoms with E-state index in [-0.39, 0.29) is 17.2 Å². The van der Waals surface area contributed by atoms with Crippen LogP contribution in [0.5, 0.6) is 0 Å². The van der Waals surface area contributed by atoms with Gasteiger partial charge in [-0.15, -0.1) is 11.3 Å². The number of carbonyl (C=O) groups is 2. The summed E-state index contributed by atoms with van der Waals surface area (Å²) in [7, 11) is 0. The van der Waals surface area contributed by atoms with Crippen LogP contribution in [-0.4, -0.2) is 16.8 Å². The first kappa shape index (κ1) is 17.6. The summed E-state index contributed by atoms with van der Waals surface area (Å²) in [5.41, 5.74) is 6.96. The van der Waals surface area contributed by atoms with Crippen LogP contribution < -0.4 is 10.9 Å². The fraction of sp³-hybridized carbons (Fsp3) is 0.421. The molecule has 2 aromatic rings. The van der Waals surface area contributed by atoms with Crippen LogP contribution in [0.25, 0.3) is 0 Å². The SMILES string of the molecule is CC(C)(C)C1CCc2sc(C(=O)NNC(=O)c3ccncc3)cc2C1. The summed E-state index contributed by atoms with van der Waals surface area (Å²) < 4.78 is 0. The average Bonchev–Trinajstić information content (AvgIpc) is 3.02. The van der Waals surface area contributed by atoms with Crippen molar-refractivity contribution in [2.24, 2.45) is 11.3 Å². The second-order valence-electron chi connectivity index (χ2n) is 7.51. The number of fused-ring (bicyclic) bond motifs is 1. The van der Waals surface area contributed by atoms with E-state index in [1.165, 1.54) is 34.2 Å². The summed E-state index contributed by atoms with van der Waals surface area (Å²) in [6, 6.07) is 5.17. The largest absolute Gasteiger partial charge is 0.279 e. The van der Waals surface area contributed by atoms with Crippen LogP contribution in [0.15, 0.2) is 30.6 Å². The highest BCUT2D eigenvalue weighted by molar-refractivity contribution is 7.14. The summed E-state index contributed by atoms with van der Waals surface area (Å²) in [6.07, 6.45) is 6.28. The number of aryl methyl sites for hydroxylation is 1. The maximum absolute atomic E-state index is 12.3. The molecule has 0 radical (unpaired) electrons. The third-order valence-corrected chi connectivity index (χ3v) is 6.00. The molecule has 6 heteroatoms. The molecule has 2 N–H and O–H groups in total. The van der Waals surface area contributed by atoms with Crippen LogP contribution in [0.1, 0.15) is 57.7 Å². The van der Waals surface area contributed by atoms with E-state index in [4.69, 9.17) is 0 Å². The minimum absolute atomic E-state index is 0.269. The first-order valence-corrected chi connectivity index (χ1v) is 9.28. The first-order chi connectivity index (χ1) is 11.8. The number of pyridine rings is 1. The average molecular weight is 357 g/mol. The molecule has 0 saturated carbocycles. The molecule has 0 saturated heterocycles. The number of rotatable bonds is 2. The van der Waals surface area contributed by atoms with Crippen LogP contribution in [0, 0.1) is 11.3 Å². The Balaban J connectivity index is 1.63. The minimum atomic E-state index is -0.357. The molecule has 1 unspecified atom stereocenters. The molecule has 0 aromatic carbocycles. The summed E-state index contributed by atoms with van der Waals surface area (Å²) >= 11 is 1.53. The first-order valence-electron chi connectivity index (χ1n) is 8.47. The van der Waals surface area contributed by atoms with Crippen LogP contribution >= 0.6 is 11.3 Å². The van der Waals surface area contributed by atoms with Gasteiger partial charge in [-0.2, -0.15) is 0 Å². The molecular formula is C19H23N3O2S. The highest BCUT2D eigenvalue weighted by Crippen LogP contribution is 2.40. The van der Waals surface area contributed by atoms with Crippen LogP contribution in [0.2, 0.25) is 0 Å². The summed E-state index contributed by atoms with van der Waals surface area (Å²) in [4.78, 5) is 30.1. The number of hydrogen-bond acceptors (Lipinski definition) is 4. The highest BCUT2D eigenvalue weighted by atomic mass is 32.1. The van der Waals surface area contributed by atoms with Gasteiger partial charge in [0.15, 0.2) is 0 Å². The Bertz CT molecular complexity index is 778. The molecule has 0 fully saturated rings. The van der Waals surface area contributed by atoms with Crippen molar-refractivity contribution in [3.63, 3.8) is 0 Å². The molecular weight excluding hydrogens is 334 g/mol. The summed E-state index contributed by atoms with van der Waals surface area (Å²) in [5, 5.41) is 0. The van der Waals surface area contributed by atoms with Crippen molar-refractivity contribution < 1.29 is 9.59 Å². The molecule has 0 spiro atoms. The van der Waals surface area contributed by atoms with Crippen molar-refractivity contribution in [1.29, 1.82) is 0 Å². The number of nitrogens with one attached hydrogen (secondary N) is 2. The standard InChI is InChI=1S/C19H23N3O2S/c1-19(2,3)14-4-5-15-13(10-14)11-16(25-15)18(24)22-21-17(23)12-6-8-20-9-7-12/h6-9,11,14H,4-5,10H2,1-3H3,(H,21,23)(H,22,24). The normalized spacial score (nSPS) is 16.8. The van der Waals surface area contributed by atoms with Crippen LogP contribution in [0.4, 0.5) is 0 Å². The van der Waals surface area contributed by atoms with Gasteiger partial charge in [0.05, 0.1) is 4.88 Å². The van der Waals surface area contributed by atoms with E-state index in [9.17, 15) is 9.59 Å². The van der Waals surface area contributed by atoms with E-state index < -0.39 is 0 Å². The predicted octanol–water partition coefficient (Wildman–Crippen LogP) is 3.37. The van der Waals surface area contributed by atoms with Gasteiger partial charge in [0.1, 0.15) is 0 Å². The van der Waals surface area contributed by atoms with E-state index in [0.717, 1.165) is 19.3 Å². The summed E-state index contributed by atoms with van der Waals surface area (Å²) in [5.74, 6) is 0.0101. The van der Waals surface area contributed by atoms with Gasteiger partial charge in [0.25, 0.3) is 11.8 Å². The Labute approximate surface area is 151 Å². The zero-order valence-electron chi connectivity index (χ0n) is 14.8. The quantitative estimate of drug-likeness (QED) is 0.810. The Hall–Kier alpha value is -2.21. The van der Waals surface area contributed by atoms with E-state index in [1.807, 2.05) is 6.07 Å². The zero-order chi connectivity index (χ0) is 18.0. The van der Waals surface area contributed by atoms with Crippen molar-refractivity contribution in [3.8, 4) is 0 Å². The van der Waals surface area contributed by atoms with Gasteiger partial charge in [-0.25, -0.2) is 0 Å². The van der Waals surface area contributed by atoms with Crippen molar-refractivity contribution in [2.75, 3.05) is 0 Å². The topological polar surface area (TPSA) is 71.1 Å². The number of aromatic nitrogens is 1. The maximum Gasteiger partial charge on any atom is 0.279 e. The lowest BCUT2D eigenvalue weighted by Gasteiger charge is -2.33. The highest BCUT2D eigenvalue weighted by Gasteiger charge is 2.30. The molecule has 25 heavy (non-hydrogen) atoms. The Morgan fingerprint density at radius 1 is 1.16 bits per heavy atom. The zero-order valence-corrected chi connectivity index (χ0v) is 15.6. The molecule has 3 rings (SSSR count). The number of carbonyl (C=O) groups excluding carboxylic acids is 2. The van der Waals surface area contributed by atoms with Crippen molar-refractivity contribution in [2.45, 2.75) is 40.0 Å². The van der Waals surface area contributed by atoms with Gasteiger partial charge in [-0.05, 0) is 54.4 Å². The number of thiophene rings is 1. The van der Waals surface area contributed by atoms with E-state index in [1.54, 1.807) is 12.1 Å². The lowest BCUT2D eigenvalue weighted by molar-refractivity contribution is 0.0849. The Morgan fingerprint density at radius 3 is 2.52 bits per heavy atom. The van der Waals surface area contributed by atoms with Crippen molar-refractivity contribution >= 4 is 23.2 Å². The smallest absolute Gasteiger partial charge is 0.267 e. The molecule has 1 atom stereocenters. The second-order valence-corrected chi connectivity index (χ2v) is 8.65. The number of hydrogen-bond donors (Lipinski definition) is 2. The van der Waals surface area contributed by atoms with Gasteiger partial charge in [0.2, 0.25) is 0 Å². The number of amides is 2. The molecule has 2 heterocycles. The monoisotopic (exact) mass is 357 g/mol. The van der Waals surface area contributed by atoms with Crippen molar-refractivity contribution in [1.82, 2.24) is 15.8 Å². The molecule has 1 aliphatic rings. The Kier molecular flexibility index (Phi) is 4.90. The fourth-order valence-electron chi connectivity index (χ4n) is 3.13. The van der Waals surface area contributed by atoms with E-state index >= 15 is 0 Å². The van der Waals surface area contributed by atoms with Gasteiger partial charge in [-0.3, -0.25) is 25.4 Å². The van der Waals surface area contributed by atoms with Gasteiger partial charge in [0, 0.05) is 22.8 Å². The molecule has 2 aromatic heterocycles.